The third-order valence-electron chi connectivity index (χ3n) is 2.58. The average Bonchev–Trinajstić information content (AvgIpc) is 2.28. The Morgan fingerprint density at radius 2 is 2.18 bits per heavy atom. The number of nitrogens with two attached hydrogens (primary N) is 1. The lowest BCUT2D eigenvalue weighted by Gasteiger charge is -2.22. The summed E-state index contributed by atoms with van der Waals surface area (Å²) in [5.74, 6) is 2.18. The standard InChI is InChI=1S/C12H22N4O/c1-5-6-11-14-10(13)7-12(15-11)16(3)8-9(2)17-4/h7,9H,5-6,8H2,1-4H3,(H2,13,14,15). The second kappa shape index (κ2) is 6.39. The van der Waals surface area contributed by atoms with Gasteiger partial charge in [0.05, 0.1) is 6.10 Å². The zero-order valence-corrected chi connectivity index (χ0v) is 11.1. The van der Waals surface area contributed by atoms with Crippen molar-refractivity contribution in [3.8, 4) is 0 Å². The van der Waals surface area contributed by atoms with Crippen LogP contribution in [0, 0.1) is 0 Å². The van der Waals surface area contributed by atoms with Gasteiger partial charge in [-0.3, -0.25) is 0 Å². The van der Waals surface area contributed by atoms with Crippen LogP contribution in [0.15, 0.2) is 6.07 Å². The number of hydrogen-bond acceptors (Lipinski definition) is 5. The van der Waals surface area contributed by atoms with E-state index in [1.54, 1.807) is 13.2 Å². The van der Waals surface area contributed by atoms with Gasteiger partial charge in [0.2, 0.25) is 0 Å². The van der Waals surface area contributed by atoms with Crippen LogP contribution in [-0.2, 0) is 11.2 Å². The van der Waals surface area contributed by atoms with Gasteiger partial charge >= 0.3 is 0 Å². The molecule has 0 aromatic carbocycles. The van der Waals surface area contributed by atoms with E-state index in [-0.39, 0.29) is 6.10 Å². The van der Waals surface area contributed by atoms with Crippen LogP contribution in [0.4, 0.5) is 11.6 Å². The fourth-order valence-corrected chi connectivity index (χ4v) is 1.59. The van der Waals surface area contributed by atoms with Gasteiger partial charge in [-0.15, -0.1) is 0 Å². The summed E-state index contributed by atoms with van der Waals surface area (Å²) in [6.45, 7) is 4.90. The van der Waals surface area contributed by atoms with Crippen LogP contribution in [0.25, 0.3) is 0 Å². The Bertz CT molecular complexity index is 356. The first-order valence-electron chi connectivity index (χ1n) is 5.94. The molecule has 0 aliphatic carbocycles. The molecule has 1 atom stereocenters. The van der Waals surface area contributed by atoms with Crippen molar-refractivity contribution < 1.29 is 4.74 Å². The maximum Gasteiger partial charge on any atom is 0.134 e. The lowest BCUT2D eigenvalue weighted by atomic mass is 10.3. The molecule has 17 heavy (non-hydrogen) atoms. The molecule has 1 aromatic heterocycles. The minimum atomic E-state index is 0.158. The summed E-state index contributed by atoms with van der Waals surface area (Å²) < 4.78 is 5.23. The summed E-state index contributed by atoms with van der Waals surface area (Å²) in [4.78, 5) is 10.7. The first kappa shape index (κ1) is 13.7. The average molecular weight is 238 g/mol. The molecule has 5 heteroatoms. The number of aryl methyl sites for hydroxylation is 1. The second-order valence-electron chi connectivity index (χ2n) is 4.24. The van der Waals surface area contributed by atoms with Gasteiger partial charge in [-0.2, -0.15) is 0 Å². The Morgan fingerprint density at radius 1 is 1.47 bits per heavy atom. The summed E-state index contributed by atoms with van der Waals surface area (Å²) in [5.41, 5.74) is 5.78. The zero-order valence-electron chi connectivity index (χ0n) is 11.1. The quantitative estimate of drug-likeness (QED) is 0.813. The molecule has 1 rings (SSSR count). The number of methoxy groups -OCH3 is 1. The van der Waals surface area contributed by atoms with Crippen molar-refractivity contribution >= 4 is 11.6 Å². The Morgan fingerprint density at radius 3 is 2.76 bits per heavy atom. The maximum atomic E-state index is 5.78. The minimum Gasteiger partial charge on any atom is -0.384 e. The van der Waals surface area contributed by atoms with E-state index in [2.05, 4.69) is 16.9 Å². The summed E-state index contributed by atoms with van der Waals surface area (Å²) >= 11 is 0. The number of ether oxygens (including phenoxy) is 1. The highest BCUT2D eigenvalue weighted by atomic mass is 16.5. The first-order valence-corrected chi connectivity index (χ1v) is 5.94. The van der Waals surface area contributed by atoms with Gasteiger partial charge in [-0.1, -0.05) is 6.92 Å². The van der Waals surface area contributed by atoms with Crippen LogP contribution < -0.4 is 10.6 Å². The number of rotatable bonds is 6. The second-order valence-corrected chi connectivity index (χ2v) is 4.24. The van der Waals surface area contributed by atoms with E-state index in [0.29, 0.717) is 5.82 Å². The fraction of sp³-hybridized carbons (Fsp3) is 0.667. The van der Waals surface area contributed by atoms with Gasteiger partial charge in [0.15, 0.2) is 0 Å². The molecular weight excluding hydrogens is 216 g/mol. The van der Waals surface area contributed by atoms with Crippen LogP contribution >= 0.6 is 0 Å². The molecule has 1 aromatic rings. The first-order chi connectivity index (χ1) is 8.06. The molecule has 1 unspecified atom stereocenters. The molecule has 5 nitrogen and oxygen atoms in total. The van der Waals surface area contributed by atoms with Crippen molar-refractivity contribution in [2.45, 2.75) is 32.8 Å². The fourth-order valence-electron chi connectivity index (χ4n) is 1.59. The third-order valence-corrected chi connectivity index (χ3v) is 2.58. The number of nitrogens with zero attached hydrogens (tertiary/aromatic N) is 3. The normalized spacial score (nSPS) is 12.5. The highest BCUT2D eigenvalue weighted by Crippen LogP contribution is 2.14. The van der Waals surface area contributed by atoms with Crippen LogP contribution in [-0.4, -0.2) is 36.8 Å². The van der Waals surface area contributed by atoms with E-state index in [0.717, 1.165) is 31.0 Å². The van der Waals surface area contributed by atoms with Crippen molar-refractivity contribution in [1.82, 2.24) is 9.97 Å². The van der Waals surface area contributed by atoms with E-state index in [9.17, 15) is 0 Å². The molecule has 0 fully saturated rings. The Hall–Kier alpha value is -1.36. The van der Waals surface area contributed by atoms with E-state index in [1.165, 1.54) is 0 Å². The van der Waals surface area contributed by atoms with Gasteiger partial charge in [-0.05, 0) is 13.3 Å². The smallest absolute Gasteiger partial charge is 0.134 e. The molecule has 0 aliphatic rings. The Labute approximate surface area is 103 Å². The third kappa shape index (κ3) is 4.19. The molecule has 0 spiro atoms. The summed E-state index contributed by atoms with van der Waals surface area (Å²) in [6, 6.07) is 1.79. The molecule has 1 heterocycles. The largest absolute Gasteiger partial charge is 0.384 e. The minimum absolute atomic E-state index is 0.158. The molecule has 0 saturated carbocycles. The summed E-state index contributed by atoms with van der Waals surface area (Å²) in [5, 5.41) is 0. The number of nitrogen functional groups attached to an aromatic ring is 1. The van der Waals surface area contributed by atoms with Crippen LogP contribution in [0.3, 0.4) is 0 Å². The van der Waals surface area contributed by atoms with Gasteiger partial charge in [0.25, 0.3) is 0 Å². The lowest BCUT2D eigenvalue weighted by molar-refractivity contribution is 0.124. The number of likely N-dealkylation sites (N-methyl/N-ethyl adjacent to an activating group) is 1. The maximum absolute atomic E-state index is 5.78. The van der Waals surface area contributed by atoms with Gasteiger partial charge < -0.3 is 15.4 Å². The van der Waals surface area contributed by atoms with Crippen LogP contribution in [0.1, 0.15) is 26.1 Å². The number of hydrogen-bond donors (Lipinski definition) is 1. The van der Waals surface area contributed by atoms with Crippen molar-refractivity contribution in [3.63, 3.8) is 0 Å². The molecule has 0 bridgehead atoms. The predicted molar refractivity (Wildman–Crippen MR) is 70.2 cm³/mol. The van der Waals surface area contributed by atoms with Gasteiger partial charge in [-0.25, -0.2) is 9.97 Å². The van der Waals surface area contributed by atoms with E-state index < -0.39 is 0 Å². The van der Waals surface area contributed by atoms with Crippen molar-refractivity contribution in [3.05, 3.63) is 11.9 Å². The molecule has 0 amide bonds. The highest BCUT2D eigenvalue weighted by Gasteiger charge is 2.09. The van der Waals surface area contributed by atoms with Crippen LogP contribution in [0.2, 0.25) is 0 Å². The molecule has 0 aliphatic heterocycles. The molecular formula is C12H22N4O. The van der Waals surface area contributed by atoms with Gasteiger partial charge in [0, 0.05) is 33.2 Å². The molecule has 2 N–H and O–H groups in total. The highest BCUT2D eigenvalue weighted by molar-refractivity contribution is 5.46. The predicted octanol–water partition coefficient (Wildman–Crippen LogP) is 1.48. The molecule has 96 valence electrons. The Balaban J connectivity index is 2.81. The summed E-state index contributed by atoms with van der Waals surface area (Å²) in [6.07, 6.45) is 2.03. The van der Waals surface area contributed by atoms with Crippen molar-refractivity contribution in [1.29, 1.82) is 0 Å². The number of anilines is 2. The summed E-state index contributed by atoms with van der Waals surface area (Å²) in [7, 11) is 3.68. The van der Waals surface area contributed by atoms with E-state index in [1.807, 2.05) is 18.9 Å². The van der Waals surface area contributed by atoms with E-state index in [4.69, 9.17) is 10.5 Å². The lowest BCUT2D eigenvalue weighted by Crippen LogP contribution is -2.29. The van der Waals surface area contributed by atoms with Crippen LogP contribution in [0.5, 0.6) is 0 Å². The topological polar surface area (TPSA) is 64.3 Å². The Kier molecular flexibility index (Phi) is 5.15. The monoisotopic (exact) mass is 238 g/mol. The molecule has 0 saturated heterocycles. The number of aromatic nitrogens is 2. The van der Waals surface area contributed by atoms with E-state index >= 15 is 0 Å². The molecule has 0 radical (unpaired) electrons. The van der Waals surface area contributed by atoms with Crippen molar-refractivity contribution in [2.75, 3.05) is 31.3 Å². The zero-order chi connectivity index (χ0) is 12.8. The van der Waals surface area contributed by atoms with Gasteiger partial charge in [0.1, 0.15) is 17.5 Å². The SMILES string of the molecule is CCCc1nc(N)cc(N(C)CC(C)OC)n1. The van der Waals surface area contributed by atoms with Crippen molar-refractivity contribution in [2.24, 2.45) is 0 Å².